The fourth-order valence-corrected chi connectivity index (χ4v) is 8.54. The van der Waals surface area contributed by atoms with Gasteiger partial charge in [0.25, 0.3) is 0 Å². The molecule has 1 aliphatic rings. The van der Waals surface area contributed by atoms with Gasteiger partial charge in [-0.3, -0.25) is 4.57 Å². The van der Waals surface area contributed by atoms with Crippen LogP contribution in [0.15, 0.2) is 107 Å². The first-order valence-corrected chi connectivity index (χ1v) is 19.2. The molecule has 0 saturated carbocycles. The van der Waals surface area contributed by atoms with Gasteiger partial charge in [-0.25, -0.2) is 13.4 Å². The summed E-state index contributed by atoms with van der Waals surface area (Å²) in [6.07, 6.45) is -3.87. The summed E-state index contributed by atoms with van der Waals surface area (Å²) in [5, 5.41) is 8.89. The number of para-hydroxylation sites is 2. The molecule has 0 aliphatic carbocycles. The van der Waals surface area contributed by atoms with Gasteiger partial charge in [0, 0.05) is 25.2 Å². The van der Waals surface area contributed by atoms with Crippen molar-refractivity contribution in [3.05, 3.63) is 114 Å². The normalized spacial score (nSPS) is 14.2. The van der Waals surface area contributed by atoms with E-state index in [1.54, 1.807) is 24.3 Å². The Bertz CT molecular complexity index is 2290. The predicted molar refractivity (Wildman–Crippen MR) is 192 cm³/mol. The van der Waals surface area contributed by atoms with Gasteiger partial charge in [-0.2, -0.15) is 17.5 Å². The standard InChI is InChI=1S/C37H35F3N6O4S2/c1-2-18-45-32-17-16-27(52(47,48)44-19-21-49-22-20-44)23-30(32)41-35(45)25-51-36-43-42-34(46(36)31-14-8-7-13-29(31)37(38,39)40)24-50-33-15-9-6-12-28(33)26-10-4-3-5-11-26/h3-17,23H,2,18-22,24-25H2,1H3. The van der Waals surface area contributed by atoms with Crippen molar-refractivity contribution in [3.63, 3.8) is 0 Å². The second kappa shape index (κ2) is 15.1. The number of morpholine rings is 1. The number of imidazole rings is 1. The molecule has 0 atom stereocenters. The lowest BCUT2D eigenvalue weighted by atomic mass is 10.1. The smallest absolute Gasteiger partial charge is 0.418 e. The van der Waals surface area contributed by atoms with Crippen molar-refractivity contribution >= 4 is 32.8 Å². The zero-order valence-electron chi connectivity index (χ0n) is 28.2. The largest absolute Gasteiger partial charge is 0.485 e. The second-order valence-electron chi connectivity index (χ2n) is 12.0. The summed E-state index contributed by atoms with van der Waals surface area (Å²) in [5.41, 5.74) is 2.06. The molecule has 0 amide bonds. The van der Waals surface area contributed by atoms with Gasteiger partial charge in [0.1, 0.15) is 18.2 Å². The third-order valence-electron chi connectivity index (χ3n) is 8.66. The first kappa shape index (κ1) is 35.7. The highest BCUT2D eigenvalue weighted by Gasteiger charge is 2.35. The molecule has 4 aromatic carbocycles. The highest BCUT2D eigenvalue weighted by atomic mass is 32.2. The number of sulfonamides is 1. The molecule has 1 fully saturated rings. The molecule has 1 saturated heterocycles. The van der Waals surface area contributed by atoms with E-state index in [0.29, 0.717) is 36.8 Å². The van der Waals surface area contributed by atoms with Gasteiger partial charge in [-0.15, -0.1) is 10.2 Å². The number of thioether (sulfide) groups is 1. The maximum absolute atomic E-state index is 14.4. The van der Waals surface area contributed by atoms with E-state index in [1.165, 1.54) is 38.8 Å². The van der Waals surface area contributed by atoms with Crippen LogP contribution in [-0.2, 0) is 39.8 Å². The van der Waals surface area contributed by atoms with Crippen molar-refractivity contribution in [2.75, 3.05) is 26.3 Å². The van der Waals surface area contributed by atoms with Crippen molar-refractivity contribution in [2.45, 2.75) is 48.5 Å². The zero-order valence-corrected chi connectivity index (χ0v) is 29.8. The molecule has 15 heteroatoms. The van der Waals surface area contributed by atoms with Gasteiger partial charge in [-0.05, 0) is 48.4 Å². The second-order valence-corrected chi connectivity index (χ2v) is 14.9. The fourth-order valence-electron chi connectivity index (χ4n) is 6.20. The van der Waals surface area contributed by atoms with Crippen LogP contribution in [0.3, 0.4) is 0 Å². The number of nitrogens with zero attached hydrogens (tertiary/aromatic N) is 6. The number of halogens is 3. The molecule has 7 rings (SSSR count). The van der Waals surface area contributed by atoms with E-state index in [-0.39, 0.29) is 47.0 Å². The summed E-state index contributed by atoms with van der Waals surface area (Å²) in [5.74, 6) is 1.58. The Morgan fingerprint density at radius 3 is 2.38 bits per heavy atom. The first-order chi connectivity index (χ1) is 25.1. The summed E-state index contributed by atoms with van der Waals surface area (Å²) in [7, 11) is -3.75. The third kappa shape index (κ3) is 7.31. The molecule has 0 radical (unpaired) electrons. The van der Waals surface area contributed by atoms with Crippen LogP contribution in [0.25, 0.3) is 27.8 Å². The average molecular weight is 749 g/mol. The van der Waals surface area contributed by atoms with E-state index in [2.05, 4.69) is 10.2 Å². The Balaban J connectivity index is 1.22. The van der Waals surface area contributed by atoms with Crippen LogP contribution in [0.4, 0.5) is 13.2 Å². The Labute approximate surface area is 303 Å². The first-order valence-electron chi connectivity index (χ1n) is 16.7. The predicted octanol–water partition coefficient (Wildman–Crippen LogP) is 7.61. The number of alkyl halides is 3. The maximum Gasteiger partial charge on any atom is 0.418 e. The molecule has 0 bridgehead atoms. The fraction of sp³-hybridized carbons (Fsp3) is 0.270. The van der Waals surface area contributed by atoms with Gasteiger partial charge in [0.2, 0.25) is 10.0 Å². The highest BCUT2D eigenvalue weighted by molar-refractivity contribution is 7.98. The van der Waals surface area contributed by atoms with Crippen LogP contribution >= 0.6 is 11.8 Å². The van der Waals surface area contributed by atoms with Crippen LogP contribution in [0.2, 0.25) is 0 Å². The van der Waals surface area contributed by atoms with Crippen LogP contribution < -0.4 is 4.74 Å². The van der Waals surface area contributed by atoms with E-state index < -0.39 is 21.8 Å². The van der Waals surface area contributed by atoms with Crippen LogP contribution in [0.1, 0.15) is 30.6 Å². The summed E-state index contributed by atoms with van der Waals surface area (Å²) < 4.78 is 86.3. The SMILES string of the molecule is CCCn1c(CSc2nnc(COc3ccccc3-c3ccccc3)n2-c2ccccc2C(F)(F)F)nc2cc(S(=O)(=O)N3CCOCC3)ccc21. The summed E-state index contributed by atoms with van der Waals surface area (Å²) in [6.45, 7) is 3.69. The number of hydrogen-bond donors (Lipinski definition) is 0. The lowest BCUT2D eigenvalue weighted by Gasteiger charge is -2.26. The van der Waals surface area contributed by atoms with Crippen LogP contribution in [-0.4, -0.2) is 63.3 Å². The number of hydrogen-bond acceptors (Lipinski definition) is 8. The van der Waals surface area contributed by atoms with E-state index >= 15 is 0 Å². The Kier molecular flexibility index (Phi) is 10.4. The number of rotatable bonds is 12. The summed E-state index contributed by atoms with van der Waals surface area (Å²) >= 11 is 1.19. The van der Waals surface area contributed by atoms with E-state index in [0.717, 1.165) is 29.1 Å². The monoisotopic (exact) mass is 748 g/mol. The number of aromatic nitrogens is 5. The van der Waals surface area contributed by atoms with Crippen LogP contribution in [0.5, 0.6) is 5.75 Å². The van der Waals surface area contributed by atoms with Crippen molar-refractivity contribution in [1.29, 1.82) is 0 Å². The van der Waals surface area contributed by atoms with Gasteiger partial charge < -0.3 is 14.0 Å². The van der Waals surface area contributed by atoms with Gasteiger partial charge in [0.05, 0.1) is 46.1 Å². The molecule has 3 heterocycles. The Hall–Kier alpha value is -4.70. The van der Waals surface area contributed by atoms with Gasteiger partial charge in [-0.1, -0.05) is 79.3 Å². The van der Waals surface area contributed by atoms with Crippen LogP contribution in [0, 0.1) is 0 Å². The maximum atomic E-state index is 14.4. The molecule has 52 heavy (non-hydrogen) atoms. The lowest BCUT2D eigenvalue weighted by molar-refractivity contribution is -0.137. The van der Waals surface area contributed by atoms with E-state index in [4.69, 9.17) is 14.5 Å². The van der Waals surface area contributed by atoms with Crippen molar-refractivity contribution < 1.29 is 31.1 Å². The summed E-state index contributed by atoms with van der Waals surface area (Å²) in [6, 6.07) is 27.3. The van der Waals surface area contributed by atoms with E-state index in [1.807, 2.05) is 60.0 Å². The highest BCUT2D eigenvalue weighted by Crippen LogP contribution is 2.37. The lowest BCUT2D eigenvalue weighted by Crippen LogP contribution is -2.40. The molecule has 6 aromatic rings. The molecule has 270 valence electrons. The molecule has 10 nitrogen and oxygen atoms in total. The third-order valence-corrected chi connectivity index (χ3v) is 11.5. The minimum absolute atomic E-state index is 0.127. The van der Waals surface area contributed by atoms with Gasteiger partial charge in [0.15, 0.2) is 11.0 Å². The number of benzene rings is 4. The molecule has 0 unspecified atom stereocenters. The molecule has 0 spiro atoms. The van der Waals surface area contributed by atoms with Crippen molar-refractivity contribution in [3.8, 4) is 22.6 Å². The molecule has 2 aromatic heterocycles. The topological polar surface area (TPSA) is 104 Å². The minimum atomic E-state index is -4.64. The molecular formula is C37H35F3N6O4S2. The van der Waals surface area contributed by atoms with Crippen molar-refractivity contribution in [1.82, 2.24) is 28.6 Å². The van der Waals surface area contributed by atoms with Gasteiger partial charge >= 0.3 is 6.18 Å². The molecule has 1 aliphatic heterocycles. The zero-order chi connectivity index (χ0) is 36.3. The Morgan fingerprint density at radius 1 is 0.885 bits per heavy atom. The molecular weight excluding hydrogens is 714 g/mol. The summed E-state index contributed by atoms with van der Waals surface area (Å²) in [4.78, 5) is 4.96. The average Bonchev–Trinajstić information content (AvgIpc) is 3.73. The quantitative estimate of drug-likeness (QED) is 0.118. The number of ether oxygens (including phenoxy) is 2. The van der Waals surface area contributed by atoms with E-state index in [9.17, 15) is 21.6 Å². The number of fused-ring (bicyclic) bond motifs is 1. The molecule has 0 N–H and O–H groups in total. The van der Waals surface area contributed by atoms with Crippen molar-refractivity contribution in [2.24, 2.45) is 0 Å². The minimum Gasteiger partial charge on any atom is -0.485 e. The Morgan fingerprint density at radius 2 is 1.62 bits per heavy atom. The number of aryl methyl sites for hydroxylation is 1.